The molecule has 6 heteroatoms. The van der Waals surface area contributed by atoms with Crippen molar-refractivity contribution in [1.29, 1.82) is 0 Å². The van der Waals surface area contributed by atoms with E-state index in [9.17, 15) is 4.79 Å². The third kappa shape index (κ3) is 6.01. The summed E-state index contributed by atoms with van der Waals surface area (Å²) in [7, 11) is 0. The normalized spacial score (nSPS) is 10.0. The van der Waals surface area contributed by atoms with Gasteiger partial charge in [-0.05, 0) is 42.3 Å². The van der Waals surface area contributed by atoms with Gasteiger partial charge in [-0.15, -0.1) is 0 Å². The Morgan fingerprint density at radius 2 is 1.91 bits per heavy atom. The lowest BCUT2D eigenvalue weighted by Gasteiger charge is -2.09. The molecule has 2 amide bonds. The maximum absolute atomic E-state index is 11.6. The summed E-state index contributed by atoms with van der Waals surface area (Å²) in [6.07, 6.45) is 4.27. The van der Waals surface area contributed by atoms with E-state index in [-0.39, 0.29) is 6.03 Å². The van der Waals surface area contributed by atoms with Gasteiger partial charge >= 0.3 is 6.03 Å². The molecule has 0 bridgehead atoms. The zero-order valence-electron chi connectivity index (χ0n) is 12.1. The van der Waals surface area contributed by atoms with Crippen LogP contribution in [0, 0.1) is 0 Å². The van der Waals surface area contributed by atoms with E-state index in [0.29, 0.717) is 24.7 Å². The van der Waals surface area contributed by atoms with Gasteiger partial charge in [-0.25, -0.2) is 4.79 Å². The molecule has 0 saturated carbocycles. The Kier molecular flexibility index (Phi) is 6.51. The number of amides is 2. The zero-order valence-corrected chi connectivity index (χ0v) is 12.8. The summed E-state index contributed by atoms with van der Waals surface area (Å²) in [5, 5.41) is 6.19. The molecule has 1 aromatic carbocycles. The summed E-state index contributed by atoms with van der Waals surface area (Å²) in [5.74, 6) is 0.725. The van der Waals surface area contributed by atoms with Gasteiger partial charge in [0.2, 0.25) is 0 Å². The highest BCUT2D eigenvalue weighted by Gasteiger charge is 2.00. The minimum Gasteiger partial charge on any atom is -0.492 e. The van der Waals surface area contributed by atoms with Gasteiger partial charge in [0.05, 0.1) is 6.54 Å². The summed E-state index contributed by atoms with van der Waals surface area (Å²) in [6.45, 7) is 1.40. The molecule has 0 fully saturated rings. The van der Waals surface area contributed by atoms with Crippen LogP contribution in [0.25, 0.3) is 0 Å². The van der Waals surface area contributed by atoms with E-state index in [4.69, 9.17) is 16.3 Å². The monoisotopic (exact) mass is 319 g/mol. The van der Waals surface area contributed by atoms with Gasteiger partial charge in [0.25, 0.3) is 0 Å². The number of pyridine rings is 1. The number of carbonyl (C=O) groups excluding carboxylic acids is 1. The number of carbonyl (C=O) groups is 1. The first-order valence-corrected chi connectivity index (χ1v) is 7.41. The highest BCUT2D eigenvalue weighted by Crippen LogP contribution is 2.14. The number of aromatic nitrogens is 1. The standard InChI is InChI=1S/C16H18ClN3O2/c17-14-3-5-15(6-4-14)22-11-10-20-16(21)19-9-7-13-2-1-8-18-12-13/h1-6,8,12H,7,9-11H2,(H2,19,20,21). The number of hydrogen-bond donors (Lipinski definition) is 2. The van der Waals surface area contributed by atoms with Gasteiger partial charge in [-0.2, -0.15) is 0 Å². The van der Waals surface area contributed by atoms with Crippen molar-refractivity contribution in [3.63, 3.8) is 0 Å². The molecule has 1 aromatic heterocycles. The third-order valence-electron chi connectivity index (χ3n) is 2.89. The van der Waals surface area contributed by atoms with Crippen LogP contribution in [0.3, 0.4) is 0 Å². The van der Waals surface area contributed by atoms with Crippen molar-refractivity contribution in [1.82, 2.24) is 15.6 Å². The van der Waals surface area contributed by atoms with Gasteiger partial charge in [0.15, 0.2) is 0 Å². The molecule has 0 radical (unpaired) electrons. The quantitative estimate of drug-likeness (QED) is 0.771. The van der Waals surface area contributed by atoms with Gasteiger partial charge in [-0.1, -0.05) is 17.7 Å². The van der Waals surface area contributed by atoms with Crippen LogP contribution in [0.15, 0.2) is 48.8 Å². The Labute approximate surface area is 134 Å². The fraction of sp³-hybridized carbons (Fsp3) is 0.250. The molecule has 0 spiro atoms. The van der Waals surface area contributed by atoms with Crippen molar-refractivity contribution in [2.24, 2.45) is 0 Å². The fourth-order valence-corrected chi connectivity index (χ4v) is 1.92. The van der Waals surface area contributed by atoms with Crippen molar-refractivity contribution in [3.8, 4) is 5.75 Å². The molecule has 0 unspecified atom stereocenters. The highest BCUT2D eigenvalue weighted by atomic mass is 35.5. The molecule has 0 atom stereocenters. The fourth-order valence-electron chi connectivity index (χ4n) is 1.79. The first-order valence-electron chi connectivity index (χ1n) is 7.03. The number of nitrogens with one attached hydrogen (secondary N) is 2. The lowest BCUT2D eigenvalue weighted by atomic mass is 10.2. The molecular weight excluding hydrogens is 302 g/mol. The Morgan fingerprint density at radius 3 is 2.64 bits per heavy atom. The predicted octanol–water partition coefficient (Wildman–Crippen LogP) is 2.66. The van der Waals surface area contributed by atoms with Gasteiger partial charge in [0, 0.05) is 24.0 Å². The molecule has 2 rings (SSSR count). The Hall–Kier alpha value is -2.27. The Balaban J connectivity index is 1.55. The lowest BCUT2D eigenvalue weighted by molar-refractivity contribution is 0.236. The van der Waals surface area contributed by atoms with Crippen molar-refractivity contribution in [3.05, 3.63) is 59.4 Å². The predicted molar refractivity (Wildman–Crippen MR) is 86.3 cm³/mol. The van der Waals surface area contributed by atoms with Crippen molar-refractivity contribution < 1.29 is 9.53 Å². The van der Waals surface area contributed by atoms with Crippen LogP contribution in [0.1, 0.15) is 5.56 Å². The Bertz CT molecular complexity index is 576. The number of hydrogen-bond acceptors (Lipinski definition) is 3. The van der Waals surface area contributed by atoms with E-state index < -0.39 is 0 Å². The van der Waals surface area contributed by atoms with Crippen molar-refractivity contribution in [2.75, 3.05) is 19.7 Å². The third-order valence-corrected chi connectivity index (χ3v) is 3.14. The lowest BCUT2D eigenvalue weighted by Crippen LogP contribution is -2.38. The largest absolute Gasteiger partial charge is 0.492 e. The maximum atomic E-state index is 11.6. The van der Waals surface area contributed by atoms with Crippen LogP contribution >= 0.6 is 11.6 Å². The molecule has 0 saturated heterocycles. The Morgan fingerprint density at radius 1 is 1.14 bits per heavy atom. The van der Waals surface area contributed by atoms with Crippen LogP contribution in [0.5, 0.6) is 5.75 Å². The summed E-state index contributed by atoms with van der Waals surface area (Å²) < 4.78 is 5.48. The second-order valence-electron chi connectivity index (χ2n) is 4.60. The van der Waals surface area contributed by atoms with Crippen LogP contribution in [0.2, 0.25) is 5.02 Å². The number of urea groups is 1. The molecule has 0 aliphatic carbocycles. The number of rotatable bonds is 7. The van der Waals surface area contributed by atoms with Gasteiger partial charge in [-0.3, -0.25) is 4.98 Å². The highest BCUT2D eigenvalue weighted by molar-refractivity contribution is 6.30. The molecule has 116 valence electrons. The molecular formula is C16H18ClN3O2. The number of benzene rings is 1. The maximum Gasteiger partial charge on any atom is 0.314 e. The molecule has 1 heterocycles. The van der Waals surface area contributed by atoms with Crippen LogP contribution in [-0.2, 0) is 6.42 Å². The zero-order chi connectivity index (χ0) is 15.6. The van der Waals surface area contributed by atoms with E-state index in [1.807, 2.05) is 12.1 Å². The average molecular weight is 320 g/mol. The van der Waals surface area contributed by atoms with E-state index >= 15 is 0 Å². The van der Waals surface area contributed by atoms with E-state index in [1.165, 1.54) is 0 Å². The van der Waals surface area contributed by atoms with Crippen LogP contribution < -0.4 is 15.4 Å². The molecule has 2 aromatic rings. The minimum absolute atomic E-state index is 0.205. The van der Waals surface area contributed by atoms with E-state index in [2.05, 4.69) is 15.6 Å². The van der Waals surface area contributed by atoms with Crippen molar-refractivity contribution in [2.45, 2.75) is 6.42 Å². The minimum atomic E-state index is -0.205. The second-order valence-corrected chi connectivity index (χ2v) is 5.03. The summed E-state index contributed by atoms with van der Waals surface area (Å²) in [5.41, 5.74) is 1.09. The van der Waals surface area contributed by atoms with Crippen LogP contribution in [0.4, 0.5) is 4.79 Å². The molecule has 0 aliphatic heterocycles. The van der Waals surface area contributed by atoms with E-state index in [0.717, 1.165) is 17.7 Å². The number of halogens is 1. The van der Waals surface area contributed by atoms with Gasteiger partial charge < -0.3 is 15.4 Å². The van der Waals surface area contributed by atoms with E-state index in [1.54, 1.807) is 36.7 Å². The topological polar surface area (TPSA) is 63.2 Å². The summed E-state index contributed by atoms with van der Waals surface area (Å²) in [4.78, 5) is 15.6. The molecule has 22 heavy (non-hydrogen) atoms. The van der Waals surface area contributed by atoms with Crippen molar-refractivity contribution >= 4 is 17.6 Å². The smallest absolute Gasteiger partial charge is 0.314 e. The first-order chi connectivity index (χ1) is 10.7. The number of nitrogens with zero attached hydrogens (tertiary/aromatic N) is 1. The second kappa shape index (κ2) is 8.89. The molecule has 2 N–H and O–H groups in total. The van der Waals surface area contributed by atoms with Crippen LogP contribution in [-0.4, -0.2) is 30.7 Å². The number of ether oxygens (including phenoxy) is 1. The molecule has 0 aliphatic rings. The SMILES string of the molecule is O=C(NCCOc1ccc(Cl)cc1)NCCc1cccnc1. The molecule has 5 nitrogen and oxygen atoms in total. The average Bonchev–Trinajstić information content (AvgIpc) is 2.54. The summed E-state index contributed by atoms with van der Waals surface area (Å²) >= 11 is 5.78. The van der Waals surface area contributed by atoms with Gasteiger partial charge in [0.1, 0.15) is 12.4 Å². The summed E-state index contributed by atoms with van der Waals surface area (Å²) in [6, 6.07) is 10.7. The first kappa shape index (κ1) is 16.1.